The highest BCUT2D eigenvalue weighted by Gasteiger charge is 2.33. The fraction of sp³-hybridized carbons (Fsp3) is 0.500. The number of benzene rings is 1. The molecule has 0 aliphatic carbocycles. The average Bonchev–Trinajstić information content (AvgIpc) is 2.52. The van der Waals surface area contributed by atoms with Crippen molar-refractivity contribution in [1.29, 1.82) is 0 Å². The van der Waals surface area contributed by atoms with Crippen molar-refractivity contribution in [1.82, 2.24) is 4.90 Å². The zero-order chi connectivity index (χ0) is 11.1. The molecule has 1 aliphatic rings. The third-order valence-corrected chi connectivity index (χ3v) is 4.02. The van der Waals surface area contributed by atoms with Crippen molar-refractivity contribution >= 4 is 23.2 Å². The molecule has 1 unspecified atom stereocenters. The maximum absolute atomic E-state index is 6.05. The Morgan fingerprint density at radius 3 is 2.53 bits per heavy atom. The van der Waals surface area contributed by atoms with E-state index in [1.807, 2.05) is 12.1 Å². The molecule has 2 rings (SSSR count). The van der Waals surface area contributed by atoms with Gasteiger partial charge >= 0.3 is 0 Å². The molecule has 0 bridgehead atoms. The summed E-state index contributed by atoms with van der Waals surface area (Å²) >= 11 is 12.0. The predicted octanol–water partition coefficient (Wildman–Crippen LogP) is 3.59. The van der Waals surface area contributed by atoms with Gasteiger partial charge in [-0.2, -0.15) is 0 Å². The Kier molecular flexibility index (Phi) is 2.98. The zero-order valence-corrected chi connectivity index (χ0v) is 10.6. The number of nitrogens with zero attached hydrogens (tertiary/aromatic N) is 1. The molecule has 1 aromatic carbocycles. The standard InChI is InChI=1S/C12H15Cl2N/c1-12(5-6-15(2)8-12)9-3-4-10(13)11(14)7-9/h3-4,7H,5-6,8H2,1-2H3. The Labute approximate surface area is 101 Å². The lowest BCUT2D eigenvalue weighted by atomic mass is 9.82. The zero-order valence-electron chi connectivity index (χ0n) is 9.06. The van der Waals surface area contributed by atoms with Crippen molar-refractivity contribution in [3.63, 3.8) is 0 Å². The lowest BCUT2D eigenvalue weighted by molar-refractivity contribution is 0.381. The molecule has 0 N–H and O–H groups in total. The molecule has 1 aliphatic heterocycles. The van der Waals surface area contributed by atoms with Gasteiger partial charge in [-0.1, -0.05) is 36.2 Å². The summed E-state index contributed by atoms with van der Waals surface area (Å²) in [6.45, 7) is 4.53. The Hall–Kier alpha value is -0.240. The first kappa shape index (κ1) is 11.3. The number of hydrogen-bond acceptors (Lipinski definition) is 1. The van der Waals surface area contributed by atoms with Crippen molar-refractivity contribution in [3.05, 3.63) is 33.8 Å². The van der Waals surface area contributed by atoms with Crippen LogP contribution in [-0.4, -0.2) is 25.0 Å². The molecule has 1 fully saturated rings. The van der Waals surface area contributed by atoms with Crippen LogP contribution in [0, 0.1) is 0 Å². The highest BCUT2D eigenvalue weighted by molar-refractivity contribution is 6.42. The monoisotopic (exact) mass is 243 g/mol. The lowest BCUT2D eigenvalue weighted by Gasteiger charge is -2.24. The molecule has 1 atom stereocenters. The van der Waals surface area contributed by atoms with Crippen molar-refractivity contribution < 1.29 is 0 Å². The van der Waals surface area contributed by atoms with E-state index in [2.05, 4.69) is 24.9 Å². The van der Waals surface area contributed by atoms with Crippen LogP contribution < -0.4 is 0 Å². The summed E-state index contributed by atoms with van der Waals surface area (Å²) in [4.78, 5) is 2.35. The van der Waals surface area contributed by atoms with Gasteiger partial charge < -0.3 is 4.90 Å². The van der Waals surface area contributed by atoms with Crippen LogP contribution in [0.5, 0.6) is 0 Å². The summed E-state index contributed by atoms with van der Waals surface area (Å²) in [7, 11) is 2.16. The number of rotatable bonds is 1. The van der Waals surface area contributed by atoms with Gasteiger partial charge in [-0.15, -0.1) is 0 Å². The number of halogens is 2. The smallest absolute Gasteiger partial charge is 0.0595 e. The van der Waals surface area contributed by atoms with Gasteiger partial charge in [-0.25, -0.2) is 0 Å². The largest absolute Gasteiger partial charge is 0.305 e. The fourth-order valence-electron chi connectivity index (χ4n) is 2.30. The molecule has 15 heavy (non-hydrogen) atoms. The van der Waals surface area contributed by atoms with E-state index < -0.39 is 0 Å². The molecular weight excluding hydrogens is 229 g/mol. The Bertz CT molecular complexity index is 378. The summed E-state index contributed by atoms with van der Waals surface area (Å²) in [5, 5.41) is 1.29. The van der Waals surface area contributed by atoms with E-state index in [0.717, 1.165) is 13.1 Å². The van der Waals surface area contributed by atoms with E-state index in [0.29, 0.717) is 10.0 Å². The van der Waals surface area contributed by atoms with Gasteiger partial charge in [0.15, 0.2) is 0 Å². The number of hydrogen-bond donors (Lipinski definition) is 0. The SMILES string of the molecule is CN1CCC(C)(c2ccc(Cl)c(Cl)c2)C1. The third kappa shape index (κ3) is 2.15. The van der Waals surface area contributed by atoms with Gasteiger partial charge in [-0.05, 0) is 37.7 Å². The third-order valence-electron chi connectivity index (χ3n) is 3.28. The van der Waals surface area contributed by atoms with Gasteiger partial charge in [0.2, 0.25) is 0 Å². The van der Waals surface area contributed by atoms with E-state index in [9.17, 15) is 0 Å². The second kappa shape index (κ2) is 3.97. The van der Waals surface area contributed by atoms with Gasteiger partial charge in [0.25, 0.3) is 0 Å². The Balaban J connectivity index is 2.33. The van der Waals surface area contributed by atoms with Crippen LogP contribution in [0.3, 0.4) is 0 Å². The Morgan fingerprint density at radius 1 is 1.27 bits per heavy atom. The van der Waals surface area contributed by atoms with Gasteiger partial charge in [0.05, 0.1) is 10.0 Å². The molecule has 1 nitrogen and oxygen atoms in total. The number of likely N-dealkylation sites (N-methyl/N-ethyl adjacent to an activating group) is 1. The quantitative estimate of drug-likeness (QED) is 0.729. The molecule has 0 radical (unpaired) electrons. The minimum absolute atomic E-state index is 0.225. The second-order valence-electron chi connectivity index (χ2n) is 4.68. The van der Waals surface area contributed by atoms with Crippen LogP contribution in [0.1, 0.15) is 18.9 Å². The fourth-order valence-corrected chi connectivity index (χ4v) is 2.60. The van der Waals surface area contributed by atoms with Gasteiger partial charge in [0.1, 0.15) is 0 Å². The van der Waals surface area contributed by atoms with Crippen LogP contribution in [0.4, 0.5) is 0 Å². The second-order valence-corrected chi connectivity index (χ2v) is 5.49. The number of likely N-dealkylation sites (tertiary alicyclic amines) is 1. The van der Waals surface area contributed by atoms with Crippen molar-refractivity contribution in [2.45, 2.75) is 18.8 Å². The van der Waals surface area contributed by atoms with E-state index in [4.69, 9.17) is 23.2 Å². The molecule has 3 heteroatoms. The summed E-state index contributed by atoms with van der Waals surface area (Å²) in [5.41, 5.74) is 1.52. The molecule has 0 amide bonds. The molecule has 0 aromatic heterocycles. The molecule has 0 saturated carbocycles. The van der Waals surface area contributed by atoms with Crippen LogP contribution in [-0.2, 0) is 5.41 Å². The van der Waals surface area contributed by atoms with Crippen LogP contribution in [0.2, 0.25) is 10.0 Å². The molecule has 1 heterocycles. The average molecular weight is 244 g/mol. The maximum atomic E-state index is 6.05. The Morgan fingerprint density at radius 2 is 2.00 bits per heavy atom. The van der Waals surface area contributed by atoms with Crippen LogP contribution >= 0.6 is 23.2 Å². The highest BCUT2D eigenvalue weighted by atomic mass is 35.5. The molecule has 82 valence electrons. The predicted molar refractivity (Wildman–Crippen MR) is 65.9 cm³/mol. The van der Waals surface area contributed by atoms with E-state index in [1.54, 1.807) is 0 Å². The summed E-state index contributed by atoms with van der Waals surface area (Å²) < 4.78 is 0. The topological polar surface area (TPSA) is 3.24 Å². The van der Waals surface area contributed by atoms with E-state index in [1.165, 1.54) is 12.0 Å². The summed E-state index contributed by atoms with van der Waals surface area (Å²) in [6, 6.07) is 5.99. The van der Waals surface area contributed by atoms with Crippen LogP contribution in [0.25, 0.3) is 0 Å². The van der Waals surface area contributed by atoms with Crippen molar-refractivity contribution in [2.24, 2.45) is 0 Å². The molecular formula is C12H15Cl2N. The van der Waals surface area contributed by atoms with E-state index in [-0.39, 0.29) is 5.41 Å². The first-order chi connectivity index (χ1) is 7.01. The summed E-state index contributed by atoms with van der Waals surface area (Å²) in [5.74, 6) is 0. The molecule has 1 aromatic rings. The molecule has 0 spiro atoms. The van der Waals surface area contributed by atoms with Gasteiger partial charge in [0, 0.05) is 12.0 Å². The first-order valence-corrected chi connectivity index (χ1v) is 5.91. The van der Waals surface area contributed by atoms with Gasteiger partial charge in [-0.3, -0.25) is 0 Å². The summed E-state index contributed by atoms with van der Waals surface area (Å²) in [6.07, 6.45) is 1.18. The first-order valence-electron chi connectivity index (χ1n) is 5.15. The van der Waals surface area contributed by atoms with Crippen molar-refractivity contribution in [2.75, 3.05) is 20.1 Å². The minimum Gasteiger partial charge on any atom is -0.305 e. The highest BCUT2D eigenvalue weighted by Crippen LogP contribution is 2.36. The normalized spacial score (nSPS) is 27.2. The van der Waals surface area contributed by atoms with Crippen molar-refractivity contribution in [3.8, 4) is 0 Å². The van der Waals surface area contributed by atoms with Crippen LogP contribution in [0.15, 0.2) is 18.2 Å². The molecule has 1 saturated heterocycles. The van der Waals surface area contributed by atoms with E-state index >= 15 is 0 Å². The maximum Gasteiger partial charge on any atom is 0.0595 e. The lowest BCUT2D eigenvalue weighted by Crippen LogP contribution is -2.25. The minimum atomic E-state index is 0.225.